The number of pyridine rings is 1. The first kappa shape index (κ1) is 35.9. The molecule has 0 saturated carbocycles. The van der Waals surface area contributed by atoms with Crippen molar-refractivity contribution in [1.29, 1.82) is 0 Å². The van der Waals surface area contributed by atoms with Gasteiger partial charge in [0, 0.05) is 91.0 Å². The van der Waals surface area contributed by atoms with Gasteiger partial charge in [0.15, 0.2) is 0 Å². The summed E-state index contributed by atoms with van der Waals surface area (Å²) >= 11 is 0. The van der Waals surface area contributed by atoms with Crippen molar-refractivity contribution >= 4 is 65.4 Å². The smallest absolute Gasteiger partial charge is 0.241 e. The van der Waals surface area contributed by atoms with Crippen molar-refractivity contribution in [1.82, 2.24) is 23.3 Å². The van der Waals surface area contributed by atoms with Gasteiger partial charge in [-0.15, -0.1) is 24.3 Å². The number of aryl methyl sites for hydroxylation is 2. The molecule has 6 aromatic carbocycles. The number of nitrogens with zero attached hydrogens (tertiary/aromatic N) is 6. The number of hydrogen-bond acceptors (Lipinski definition) is 2. The molecule has 0 N–H and O–H groups in total. The van der Waals surface area contributed by atoms with E-state index in [0.29, 0.717) is 11.5 Å². The van der Waals surface area contributed by atoms with Crippen molar-refractivity contribution in [2.45, 2.75) is 26.2 Å². The van der Waals surface area contributed by atoms with Crippen LogP contribution in [0, 0.1) is 18.5 Å². The molecule has 0 spiro atoms. The molecule has 0 aliphatic rings. The zero-order chi connectivity index (χ0) is 38.6. The van der Waals surface area contributed by atoms with Crippen LogP contribution in [0.5, 0.6) is 11.5 Å². The maximum absolute atomic E-state index is 6.62. The first-order chi connectivity index (χ1) is 27.7. The zero-order valence-corrected chi connectivity index (χ0v) is 35.0. The normalized spacial score (nSPS) is 12.1. The van der Waals surface area contributed by atoms with Crippen LogP contribution in [-0.2, 0) is 40.6 Å². The molecule has 0 amide bonds. The molecular formula is C50H38N6OPt-2. The number of imidazole rings is 1. The Morgan fingerprint density at radius 2 is 1.34 bits per heavy atom. The van der Waals surface area contributed by atoms with Crippen molar-refractivity contribution in [3.8, 4) is 28.7 Å². The van der Waals surface area contributed by atoms with Crippen molar-refractivity contribution in [2.24, 2.45) is 14.1 Å². The van der Waals surface area contributed by atoms with Crippen molar-refractivity contribution < 1.29 is 30.4 Å². The monoisotopic (exact) mass is 933 g/mol. The summed E-state index contributed by atoms with van der Waals surface area (Å²) in [7, 11) is 4.14. The van der Waals surface area contributed by atoms with Gasteiger partial charge in [-0.25, -0.2) is 4.98 Å². The predicted molar refractivity (Wildman–Crippen MR) is 229 cm³/mol. The molecule has 58 heavy (non-hydrogen) atoms. The number of aromatic nitrogens is 6. The fourth-order valence-corrected chi connectivity index (χ4v) is 8.74. The molecule has 286 valence electrons. The molecule has 5 heterocycles. The molecule has 11 aromatic rings. The van der Waals surface area contributed by atoms with E-state index >= 15 is 0 Å². The molecule has 0 unspecified atom stereocenters. The van der Waals surface area contributed by atoms with Crippen LogP contribution in [0.25, 0.3) is 82.6 Å². The van der Waals surface area contributed by atoms with Gasteiger partial charge in [0.25, 0.3) is 0 Å². The Morgan fingerprint density at radius 3 is 2.10 bits per heavy atom. The van der Waals surface area contributed by atoms with Crippen LogP contribution in [0.3, 0.4) is 0 Å². The van der Waals surface area contributed by atoms with Gasteiger partial charge in [0.2, 0.25) is 6.33 Å². The molecule has 11 rings (SSSR count). The van der Waals surface area contributed by atoms with Crippen LogP contribution in [0.15, 0.2) is 140 Å². The van der Waals surface area contributed by atoms with E-state index in [1.54, 1.807) is 0 Å². The second-order valence-corrected chi connectivity index (χ2v) is 15.9. The zero-order valence-electron chi connectivity index (χ0n) is 32.7. The maximum Gasteiger partial charge on any atom is 0.241 e. The van der Waals surface area contributed by atoms with Gasteiger partial charge >= 0.3 is 0 Å². The van der Waals surface area contributed by atoms with E-state index < -0.39 is 0 Å². The predicted octanol–water partition coefficient (Wildman–Crippen LogP) is 11.0. The van der Waals surface area contributed by atoms with Gasteiger partial charge in [0.1, 0.15) is 5.82 Å². The molecule has 0 aliphatic heterocycles. The van der Waals surface area contributed by atoms with E-state index in [9.17, 15) is 0 Å². The van der Waals surface area contributed by atoms with Gasteiger partial charge in [-0.1, -0.05) is 92.0 Å². The molecule has 0 aliphatic carbocycles. The fourth-order valence-electron chi connectivity index (χ4n) is 8.74. The third-order valence-electron chi connectivity index (χ3n) is 11.3. The van der Waals surface area contributed by atoms with Crippen molar-refractivity contribution in [2.75, 3.05) is 0 Å². The second-order valence-electron chi connectivity index (χ2n) is 15.9. The van der Waals surface area contributed by atoms with Gasteiger partial charge in [-0.3, -0.25) is 0 Å². The third-order valence-corrected chi connectivity index (χ3v) is 11.3. The van der Waals surface area contributed by atoms with Gasteiger partial charge in [0.05, 0.1) is 29.1 Å². The third kappa shape index (κ3) is 5.37. The van der Waals surface area contributed by atoms with Gasteiger partial charge in [-0.05, 0) is 52.8 Å². The molecule has 8 heteroatoms. The van der Waals surface area contributed by atoms with Crippen LogP contribution < -0.4 is 9.30 Å². The topological polar surface area (TPSA) is 45.7 Å². The SMILES string of the molecule is Cn1[c-][n+](-c2[c-]c(Oc3[c-]c4c(cc3)c3c(c5c(c6ccccc6n5C)c5c6ccccc6n(-c6ccccc6)c53)n4-c3cc(C(C)(C)C)ccn3)ccc2)cc1.[Pt]. The molecule has 0 bridgehead atoms. The number of para-hydroxylation sites is 3. The van der Waals surface area contributed by atoms with E-state index in [-0.39, 0.29) is 26.5 Å². The molecular weight excluding hydrogens is 896 g/mol. The average Bonchev–Trinajstić information content (AvgIpc) is 3.98. The molecule has 0 saturated heterocycles. The maximum atomic E-state index is 6.62. The number of hydrogen-bond donors (Lipinski definition) is 0. The molecule has 7 nitrogen and oxygen atoms in total. The van der Waals surface area contributed by atoms with Crippen LogP contribution in [0.2, 0.25) is 0 Å². The summed E-state index contributed by atoms with van der Waals surface area (Å²) in [6.07, 6.45) is 9.09. The minimum absolute atomic E-state index is 0. The van der Waals surface area contributed by atoms with E-state index in [2.05, 4.69) is 157 Å². The Bertz CT molecular complexity index is 3400. The van der Waals surface area contributed by atoms with Gasteiger partial charge < -0.3 is 27.6 Å². The first-order valence-electron chi connectivity index (χ1n) is 19.3. The van der Waals surface area contributed by atoms with E-state index in [4.69, 9.17) is 9.72 Å². The Kier molecular flexibility index (Phi) is 8.26. The van der Waals surface area contributed by atoms with E-state index in [1.165, 1.54) is 32.6 Å². The second kappa shape index (κ2) is 13.3. The summed E-state index contributed by atoms with van der Waals surface area (Å²) in [6.45, 7) is 6.74. The molecule has 5 aromatic heterocycles. The molecule has 0 fully saturated rings. The van der Waals surface area contributed by atoms with Crippen molar-refractivity contribution in [3.63, 3.8) is 0 Å². The number of rotatable bonds is 5. The van der Waals surface area contributed by atoms with E-state index in [1.807, 2.05) is 59.0 Å². The fraction of sp³-hybridized carbons (Fsp3) is 0.120. The Hall–Kier alpha value is -6.43. The van der Waals surface area contributed by atoms with Gasteiger partial charge in [-0.2, -0.15) is 18.2 Å². The summed E-state index contributed by atoms with van der Waals surface area (Å²) < 4.78 is 17.5. The molecule has 0 atom stereocenters. The average molecular weight is 934 g/mol. The first-order valence-corrected chi connectivity index (χ1v) is 19.3. The van der Waals surface area contributed by atoms with Crippen LogP contribution >= 0.6 is 0 Å². The van der Waals surface area contributed by atoms with Crippen LogP contribution in [0.1, 0.15) is 26.3 Å². The van der Waals surface area contributed by atoms with E-state index in [0.717, 1.165) is 55.5 Å². The summed E-state index contributed by atoms with van der Waals surface area (Å²) in [4.78, 5) is 5.12. The minimum atomic E-state index is -0.0918. The minimum Gasteiger partial charge on any atom is -0.510 e. The van der Waals surface area contributed by atoms with Crippen molar-refractivity contribution in [3.05, 3.63) is 164 Å². The Balaban J connectivity index is 0.00000408. The molecule has 0 radical (unpaired) electrons. The summed E-state index contributed by atoms with van der Waals surface area (Å²) in [5.41, 5.74) is 9.61. The summed E-state index contributed by atoms with van der Waals surface area (Å²) in [5, 5.41) is 7.06. The Morgan fingerprint density at radius 1 is 0.638 bits per heavy atom. The number of benzene rings is 6. The summed E-state index contributed by atoms with van der Waals surface area (Å²) in [6, 6.07) is 50.0. The summed E-state index contributed by atoms with van der Waals surface area (Å²) in [5.74, 6) is 2.00. The standard InChI is InChI=1S/C50H38N6O.Pt/c1-50(2,3)32-24-25-51-43(28-32)56-42-30-36(57-35-17-13-16-34(29-35)54-27-26-52(4)31-54)22-23-39(42)46-47-44(45-37-18-9-11-20-40(37)53(5)48(45)49(46)56)38-19-10-12-21-41(38)55(47)33-14-7-6-8-15-33;/h6-28H,1-5H3;/q-2;. The van der Waals surface area contributed by atoms with Crippen LogP contribution in [-0.4, -0.2) is 23.3 Å². The Labute approximate surface area is 350 Å². The number of ether oxygens (including phenoxy) is 1. The number of fused-ring (bicyclic) bond motifs is 12. The van der Waals surface area contributed by atoms with Crippen LogP contribution in [0.4, 0.5) is 0 Å². The quantitative estimate of drug-likeness (QED) is 0.128. The largest absolute Gasteiger partial charge is 0.510 e.